The third kappa shape index (κ3) is 5.13. The Kier molecular flexibility index (Phi) is 7.16. The van der Waals surface area contributed by atoms with Crippen LogP contribution in [0.1, 0.15) is 37.2 Å². The van der Waals surface area contributed by atoms with Crippen molar-refractivity contribution in [1.29, 1.82) is 5.26 Å². The van der Waals surface area contributed by atoms with Crippen molar-refractivity contribution in [2.45, 2.75) is 51.9 Å². The number of rotatable bonds is 8. The Bertz CT molecular complexity index is 1230. The number of ether oxygens (including phenoxy) is 2. The quantitative estimate of drug-likeness (QED) is 0.493. The van der Waals surface area contributed by atoms with Crippen LogP contribution in [0.4, 0.5) is 31.2 Å². The standard InChI is InChI=1S/C23H25F2N7O4/c1-4-15-9-36-23(34)32(15)22-29-12(3)28-21(31-22)27-11(2)16-6-13-5-14(8-26)18(35-10-19(24)25)7-17(13)30-20(16)33/h5-7,11,15,19-20,30,33H,4,9-10H2,1-3H3,(H,27,28,29,31)/t11-,15-,20?/m0/s1. The van der Waals surface area contributed by atoms with Crippen LogP contribution in [0.3, 0.4) is 0 Å². The van der Waals surface area contributed by atoms with Gasteiger partial charge in [0.15, 0.2) is 0 Å². The lowest BCUT2D eigenvalue weighted by molar-refractivity contribution is 0.0817. The topological polar surface area (TPSA) is 146 Å². The lowest BCUT2D eigenvalue weighted by atomic mass is 9.96. The summed E-state index contributed by atoms with van der Waals surface area (Å²) in [4.78, 5) is 26.6. The van der Waals surface area contributed by atoms with E-state index in [0.717, 1.165) is 0 Å². The van der Waals surface area contributed by atoms with E-state index in [-0.39, 0.29) is 35.9 Å². The average Bonchev–Trinajstić information content (AvgIpc) is 3.21. The Hall–Kier alpha value is -4.05. The second-order valence-corrected chi connectivity index (χ2v) is 8.32. The first kappa shape index (κ1) is 25.1. The number of cyclic esters (lactones) is 1. The summed E-state index contributed by atoms with van der Waals surface area (Å²) >= 11 is 0. The number of hydrogen-bond donors (Lipinski definition) is 3. The Labute approximate surface area is 205 Å². The first-order valence-electron chi connectivity index (χ1n) is 11.3. The van der Waals surface area contributed by atoms with Gasteiger partial charge in [-0.2, -0.15) is 20.2 Å². The third-order valence-electron chi connectivity index (χ3n) is 5.80. The van der Waals surface area contributed by atoms with Crippen molar-refractivity contribution < 1.29 is 28.2 Å². The zero-order valence-electron chi connectivity index (χ0n) is 19.8. The summed E-state index contributed by atoms with van der Waals surface area (Å²) in [6.45, 7) is 4.79. The molecular weight excluding hydrogens is 476 g/mol. The first-order valence-corrected chi connectivity index (χ1v) is 11.3. The molecule has 1 saturated heterocycles. The van der Waals surface area contributed by atoms with Crippen LogP contribution in [0.2, 0.25) is 0 Å². The molecule has 1 unspecified atom stereocenters. The molecule has 1 aromatic heterocycles. The van der Waals surface area contributed by atoms with Crippen LogP contribution in [0.15, 0.2) is 17.7 Å². The Morgan fingerprint density at radius 1 is 1.39 bits per heavy atom. The summed E-state index contributed by atoms with van der Waals surface area (Å²) in [5.74, 6) is 0.759. The zero-order valence-corrected chi connectivity index (χ0v) is 19.8. The van der Waals surface area contributed by atoms with Gasteiger partial charge >= 0.3 is 6.09 Å². The number of halogens is 2. The van der Waals surface area contributed by atoms with Gasteiger partial charge < -0.3 is 25.2 Å². The number of carbonyl (C=O) groups is 1. The summed E-state index contributed by atoms with van der Waals surface area (Å²) in [5, 5.41) is 26.1. The molecule has 3 atom stereocenters. The van der Waals surface area contributed by atoms with Crippen LogP contribution < -0.4 is 20.3 Å². The Morgan fingerprint density at radius 2 is 2.17 bits per heavy atom. The molecule has 1 amide bonds. The van der Waals surface area contributed by atoms with Crippen molar-refractivity contribution >= 4 is 29.8 Å². The molecule has 3 N–H and O–H groups in total. The van der Waals surface area contributed by atoms with Gasteiger partial charge in [0.05, 0.1) is 17.6 Å². The summed E-state index contributed by atoms with van der Waals surface area (Å²) in [5.41, 5.74) is 1.60. The molecule has 1 fully saturated rings. The van der Waals surface area contributed by atoms with E-state index in [1.54, 1.807) is 19.9 Å². The van der Waals surface area contributed by atoms with E-state index in [1.165, 1.54) is 17.0 Å². The van der Waals surface area contributed by atoms with Crippen LogP contribution in [0, 0.1) is 18.3 Å². The van der Waals surface area contributed by atoms with Crippen molar-refractivity contribution in [3.05, 3.63) is 34.7 Å². The lowest BCUT2D eigenvalue weighted by Gasteiger charge is -2.29. The second kappa shape index (κ2) is 10.3. The van der Waals surface area contributed by atoms with Crippen molar-refractivity contribution in [2.75, 3.05) is 28.7 Å². The molecule has 13 heteroatoms. The number of nitrogens with one attached hydrogen (secondary N) is 2. The van der Waals surface area contributed by atoms with Crippen molar-refractivity contribution in [3.63, 3.8) is 0 Å². The van der Waals surface area contributed by atoms with E-state index in [9.17, 15) is 23.9 Å². The minimum Gasteiger partial charge on any atom is -0.486 e. The molecule has 36 heavy (non-hydrogen) atoms. The molecule has 190 valence electrons. The average molecular weight is 501 g/mol. The molecule has 2 aliphatic heterocycles. The van der Waals surface area contributed by atoms with Gasteiger partial charge in [0.2, 0.25) is 11.9 Å². The predicted molar refractivity (Wildman–Crippen MR) is 126 cm³/mol. The van der Waals surface area contributed by atoms with Crippen LogP contribution >= 0.6 is 0 Å². The number of alkyl halides is 2. The number of nitrogens with zero attached hydrogens (tertiary/aromatic N) is 5. The Morgan fingerprint density at radius 3 is 2.86 bits per heavy atom. The predicted octanol–water partition coefficient (Wildman–Crippen LogP) is 3.06. The number of anilines is 3. The number of benzene rings is 1. The number of amides is 1. The van der Waals surface area contributed by atoms with Crippen LogP contribution in [0.25, 0.3) is 6.08 Å². The summed E-state index contributed by atoms with van der Waals surface area (Å²) < 4.78 is 35.3. The minimum atomic E-state index is -2.69. The first-order chi connectivity index (χ1) is 17.2. The molecule has 0 radical (unpaired) electrons. The van der Waals surface area contributed by atoms with E-state index < -0.39 is 31.4 Å². The van der Waals surface area contributed by atoms with Crippen LogP contribution in [-0.4, -0.2) is 64.1 Å². The molecule has 2 aromatic rings. The van der Waals surface area contributed by atoms with Gasteiger partial charge in [0.1, 0.15) is 37.1 Å². The highest BCUT2D eigenvalue weighted by molar-refractivity contribution is 5.88. The molecule has 1 aromatic carbocycles. The number of aliphatic hydroxyl groups is 1. The van der Waals surface area contributed by atoms with Gasteiger partial charge in [0.25, 0.3) is 6.43 Å². The monoisotopic (exact) mass is 501 g/mol. The zero-order chi connectivity index (χ0) is 26.0. The highest BCUT2D eigenvalue weighted by Gasteiger charge is 2.35. The number of nitriles is 1. The van der Waals surface area contributed by atoms with Gasteiger partial charge in [-0.3, -0.25) is 0 Å². The maximum Gasteiger partial charge on any atom is 0.417 e. The summed E-state index contributed by atoms with van der Waals surface area (Å²) in [6, 6.07) is 4.18. The van der Waals surface area contributed by atoms with Gasteiger partial charge in [-0.1, -0.05) is 6.92 Å². The van der Waals surface area contributed by atoms with Crippen LogP contribution in [0.5, 0.6) is 5.75 Å². The largest absolute Gasteiger partial charge is 0.486 e. The van der Waals surface area contributed by atoms with Crippen molar-refractivity contribution in [3.8, 4) is 11.8 Å². The molecule has 0 spiro atoms. The van der Waals surface area contributed by atoms with E-state index in [4.69, 9.17) is 9.47 Å². The smallest absolute Gasteiger partial charge is 0.417 e. The third-order valence-corrected chi connectivity index (χ3v) is 5.80. The van der Waals surface area contributed by atoms with Crippen molar-refractivity contribution in [2.24, 2.45) is 0 Å². The van der Waals surface area contributed by atoms with Gasteiger partial charge in [-0.15, -0.1) is 0 Å². The van der Waals surface area contributed by atoms with Crippen molar-refractivity contribution in [1.82, 2.24) is 15.0 Å². The van der Waals surface area contributed by atoms with E-state index >= 15 is 0 Å². The molecule has 3 heterocycles. The molecule has 2 aliphatic rings. The number of aromatic nitrogens is 3. The molecule has 0 saturated carbocycles. The molecule has 0 bridgehead atoms. The molecule has 0 aliphatic carbocycles. The fourth-order valence-electron chi connectivity index (χ4n) is 3.97. The maximum atomic E-state index is 12.6. The van der Waals surface area contributed by atoms with Gasteiger partial charge in [-0.05, 0) is 38.0 Å². The summed E-state index contributed by atoms with van der Waals surface area (Å²) in [6.07, 6.45) is -1.99. The normalized spacial score (nSPS) is 19.7. The SMILES string of the molecule is CC[C@H]1COC(=O)N1c1nc(C)nc(N[C@@H](C)C2=Cc3cc(C#N)c(OCC(F)F)cc3NC2O)n1. The maximum absolute atomic E-state index is 12.6. The Balaban J connectivity index is 1.59. The van der Waals surface area contributed by atoms with E-state index in [2.05, 4.69) is 25.6 Å². The minimum absolute atomic E-state index is 0.00159. The number of aliphatic hydroxyl groups excluding tert-OH is 1. The lowest BCUT2D eigenvalue weighted by Crippen LogP contribution is -2.36. The van der Waals surface area contributed by atoms with E-state index in [0.29, 0.717) is 29.1 Å². The number of carbonyl (C=O) groups excluding carboxylic acids is 1. The van der Waals surface area contributed by atoms with Crippen LogP contribution in [-0.2, 0) is 4.74 Å². The summed E-state index contributed by atoms with van der Waals surface area (Å²) in [7, 11) is 0. The highest BCUT2D eigenvalue weighted by atomic mass is 19.3. The van der Waals surface area contributed by atoms with Gasteiger partial charge in [-0.25, -0.2) is 18.5 Å². The number of fused-ring (bicyclic) bond motifs is 1. The fraction of sp³-hybridized carbons (Fsp3) is 0.435. The second-order valence-electron chi connectivity index (χ2n) is 8.32. The molecule has 4 rings (SSSR count). The number of aryl methyl sites for hydroxylation is 1. The number of hydrogen-bond acceptors (Lipinski definition) is 10. The fourth-order valence-corrected chi connectivity index (χ4v) is 3.97. The highest BCUT2D eigenvalue weighted by Crippen LogP contribution is 2.34. The van der Waals surface area contributed by atoms with Gasteiger partial charge in [0, 0.05) is 17.3 Å². The van der Waals surface area contributed by atoms with E-state index in [1.807, 2.05) is 13.0 Å². The molecule has 11 nitrogen and oxygen atoms in total. The molecular formula is C23H25F2N7O4.